The number of benzene rings is 4. The molecule has 4 aromatic carbocycles. The summed E-state index contributed by atoms with van der Waals surface area (Å²) in [6.07, 6.45) is 1.79. The lowest BCUT2D eigenvalue weighted by Gasteiger charge is -2.32. The molecule has 0 saturated carbocycles. The molecule has 5 nitrogen and oxygen atoms in total. The molecule has 1 aliphatic rings. The molecule has 37 heavy (non-hydrogen) atoms. The van der Waals surface area contributed by atoms with Crippen LogP contribution >= 0.6 is 0 Å². The average Bonchev–Trinajstić information content (AvgIpc) is 2.96. The number of carbonyl (C=O) groups is 1. The molecular weight excluding hydrogens is 462 g/mol. The Morgan fingerprint density at radius 3 is 2.46 bits per heavy atom. The van der Waals surface area contributed by atoms with Crippen molar-refractivity contribution in [1.29, 1.82) is 0 Å². The van der Waals surface area contributed by atoms with Gasteiger partial charge in [-0.05, 0) is 65.2 Å². The quantitative estimate of drug-likeness (QED) is 0.212. The van der Waals surface area contributed by atoms with Gasteiger partial charge in [-0.3, -0.25) is 0 Å². The summed E-state index contributed by atoms with van der Waals surface area (Å²) < 4.78 is 17.6. The summed E-state index contributed by atoms with van der Waals surface area (Å²) in [6.45, 7) is 3.26. The Morgan fingerprint density at radius 1 is 0.838 bits per heavy atom. The van der Waals surface area contributed by atoms with Crippen LogP contribution in [0.3, 0.4) is 0 Å². The van der Waals surface area contributed by atoms with E-state index in [1.54, 1.807) is 12.1 Å². The van der Waals surface area contributed by atoms with E-state index in [0.717, 1.165) is 25.3 Å². The summed E-state index contributed by atoms with van der Waals surface area (Å²) in [5.74, 6) is 0.859. The van der Waals surface area contributed by atoms with Crippen LogP contribution in [-0.2, 0) is 16.1 Å². The second-order valence-corrected chi connectivity index (χ2v) is 9.40. The first-order valence-corrected chi connectivity index (χ1v) is 13.0. The van der Waals surface area contributed by atoms with Crippen LogP contribution in [0.25, 0.3) is 10.8 Å². The second kappa shape index (κ2) is 12.5. The number of rotatable bonds is 10. The van der Waals surface area contributed by atoms with Crippen LogP contribution in [0.5, 0.6) is 5.75 Å². The number of fused-ring (bicyclic) bond motifs is 1. The van der Waals surface area contributed by atoms with Crippen molar-refractivity contribution in [2.75, 3.05) is 26.3 Å². The van der Waals surface area contributed by atoms with Crippen molar-refractivity contribution in [2.24, 2.45) is 0 Å². The molecule has 0 spiro atoms. The Hall–Kier alpha value is -3.67. The van der Waals surface area contributed by atoms with Gasteiger partial charge in [0.2, 0.25) is 0 Å². The van der Waals surface area contributed by atoms with Crippen LogP contribution in [-0.4, -0.2) is 38.4 Å². The molecule has 0 bridgehead atoms. The predicted octanol–water partition coefficient (Wildman–Crippen LogP) is 6.13. The SMILES string of the molecule is O=C(OCCCOc1ccc(C2CCNCC2OCc2ccc3ccccc3c2)cc1)c1ccccc1. The minimum atomic E-state index is -0.302. The number of carbonyl (C=O) groups excluding carboxylic acids is 1. The maximum absolute atomic E-state index is 12.0. The first-order chi connectivity index (χ1) is 18.3. The standard InChI is InChI=1S/C32H33NO4/c34-32(27-8-2-1-3-9-27)36-20-6-19-35-29-15-13-26(14-16-29)30-17-18-33-22-31(30)37-23-24-11-12-25-7-4-5-10-28(25)21-24/h1-5,7-16,21,30-31,33H,6,17-20,22-23H2. The molecule has 0 aliphatic carbocycles. The van der Waals surface area contributed by atoms with Crippen LogP contribution < -0.4 is 10.1 Å². The molecule has 1 N–H and O–H groups in total. The van der Waals surface area contributed by atoms with Gasteiger partial charge in [0.05, 0.1) is 31.5 Å². The summed E-state index contributed by atoms with van der Waals surface area (Å²) in [6, 6.07) is 32.3. The molecule has 2 unspecified atom stereocenters. The second-order valence-electron chi connectivity index (χ2n) is 9.40. The minimum Gasteiger partial charge on any atom is -0.493 e. The van der Waals surface area contributed by atoms with E-state index in [2.05, 4.69) is 59.9 Å². The zero-order valence-electron chi connectivity index (χ0n) is 21.0. The average molecular weight is 496 g/mol. The summed E-state index contributed by atoms with van der Waals surface area (Å²) in [5, 5.41) is 5.98. The molecule has 1 fully saturated rings. The van der Waals surface area contributed by atoms with Crippen molar-refractivity contribution in [1.82, 2.24) is 5.32 Å². The van der Waals surface area contributed by atoms with Gasteiger partial charge >= 0.3 is 5.97 Å². The van der Waals surface area contributed by atoms with Gasteiger partial charge in [0.25, 0.3) is 0 Å². The molecule has 0 amide bonds. The van der Waals surface area contributed by atoms with E-state index in [4.69, 9.17) is 14.2 Å². The third kappa shape index (κ3) is 6.76. The highest BCUT2D eigenvalue weighted by Crippen LogP contribution is 2.30. The Balaban J connectivity index is 1.09. The number of esters is 1. The highest BCUT2D eigenvalue weighted by atomic mass is 16.5. The van der Waals surface area contributed by atoms with Gasteiger partial charge in [-0.1, -0.05) is 66.7 Å². The molecule has 1 heterocycles. The minimum absolute atomic E-state index is 0.117. The summed E-state index contributed by atoms with van der Waals surface area (Å²) in [7, 11) is 0. The maximum Gasteiger partial charge on any atom is 0.338 e. The van der Waals surface area contributed by atoms with Crippen LogP contribution in [0, 0.1) is 0 Å². The molecule has 4 aromatic rings. The highest BCUT2D eigenvalue weighted by molar-refractivity contribution is 5.89. The number of piperidine rings is 1. The van der Waals surface area contributed by atoms with Gasteiger partial charge in [0.15, 0.2) is 0 Å². The highest BCUT2D eigenvalue weighted by Gasteiger charge is 2.27. The predicted molar refractivity (Wildman–Crippen MR) is 146 cm³/mol. The van der Waals surface area contributed by atoms with Crippen LogP contribution in [0.4, 0.5) is 0 Å². The fourth-order valence-corrected chi connectivity index (χ4v) is 4.80. The van der Waals surface area contributed by atoms with Crippen molar-refractivity contribution in [3.05, 3.63) is 114 Å². The number of hydrogen-bond acceptors (Lipinski definition) is 5. The molecule has 190 valence electrons. The van der Waals surface area contributed by atoms with E-state index in [1.165, 1.54) is 21.9 Å². The van der Waals surface area contributed by atoms with Crippen LogP contribution in [0.1, 0.15) is 40.2 Å². The van der Waals surface area contributed by atoms with Gasteiger partial charge in [0.1, 0.15) is 5.75 Å². The molecule has 5 rings (SSSR count). The number of hydrogen-bond donors (Lipinski definition) is 1. The number of ether oxygens (including phenoxy) is 3. The van der Waals surface area contributed by atoms with Crippen LogP contribution in [0.2, 0.25) is 0 Å². The Bertz CT molecular complexity index is 1290. The van der Waals surface area contributed by atoms with E-state index in [9.17, 15) is 4.79 Å². The first kappa shape index (κ1) is 25.0. The van der Waals surface area contributed by atoms with E-state index in [1.807, 2.05) is 30.3 Å². The normalized spacial score (nSPS) is 17.4. The van der Waals surface area contributed by atoms with E-state index >= 15 is 0 Å². The zero-order valence-corrected chi connectivity index (χ0v) is 21.0. The molecular formula is C32H33NO4. The molecule has 0 aromatic heterocycles. The smallest absolute Gasteiger partial charge is 0.338 e. The lowest BCUT2D eigenvalue weighted by molar-refractivity contribution is 0.0106. The van der Waals surface area contributed by atoms with Gasteiger partial charge in [0, 0.05) is 18.9 Å². The number of nitrogens with one attached hydrogen (secondary N) is 1. The lowest BCUT2D eigenvalue weighted by atomic mass is 9.87. The largest absolute Gasteiger partial charge is 0.493 e. The lowest BCUT2D eigenvalue weighted by Crippen LogP contribution is -2.40. The van der Waals surface area contributed by atoms with Gasteiger partial charge in [-0.25, -0.2) is 4.79 Å². The monoisotopic (exact) mass is 495 g/mol. The molecule has 1 aliphatic heterocycles. The Morgan fingerprint density at radius 2 is 1.62 bits per heavy atom. The van der Waals surface area contributed by atoms with Crippen molar-refractivity contribution in [3.63, 3.8) is 0 Å². The molecule has 1 saturated heterocycles. The molecule has 2 atom stereocenters. The van der Waals surface area contributed by atoms with Crippen molar-refractivity contribution >= 4 is 16.7 Å². The zero-order chi connectivity index (χ0) is 25.3. The van der Waals surface area contributed by atoms with Crippen molar-refractivity contribution in [2.45, 2.75) is 31.5 Å². The van der Waals surface area contributed by atoms with Crippen molar-refractivity contribution in [3.8, 4) is 5.75 Å². The summed E-state index contributed by atoms with van der Waals surface area (Å²) in [5.41, 5.74) is 3.03. The van der Waals surface area contributed by atoms with E-state index in [-0.39, 0.29) is 12.1 Å². The third-order valence-corrected chi connectivity index (χ3v) is 6.81. The first-order valence-electron chi connectivity index (χ1n) is 13.0. The van der Waals surface area contributed by atoms with Gasteiger partial charge < -0.3 is 19.5 Å². The Labute approximate surface area is 218 Å². The van der Waals surface area contributed by atoms with Gasteiger partial charge in [-0.15, -0.1) is 0 Å². The molecule has 0 radical (unpaired) electrons. The molecule has 5 heteroatoms. The topological polar surface area (TPSA) is 56.8 Å². The fraction of sp³-hybridized carbons (Fsp3) is 0.281. The summed E-state index contributed by atoms with van der Waals surface area (Å²) in [4.78, 5) is 12.0. The van der Waals surface area contributed by atoms with E-state index in [0.29, 0.717) is 37.7 Å². The van der Waals surface area contributed by atoms with E-state index < -0.39 is 0 Å². The Kier molecular flexibility index (Phi) is 8.46. The van der Waals surface area contributed by atoms with Crippen LogP contribution in [0.15, 0.2) is 97.1 Å². The third-order valence-electron chi connectivity index (χ3n) is 6.81. The maximum atomic E-state index is 12.0. The summed E-state index contributed by atoms with van der Waals surface area (Å²) >= 11 is 0. The fourth-order valence-electron chi connectivity index (χ4n) is 4.80. The van der Waals surface area contributed by atoms with Crippen molar-refractivity contribution < 1.29 is 19.0 Å². The van der Waals surface area contributed by atoms with Gasteiger partial charge in [-0.2, -0.15) is 0 Å².